The van der Waals surface area contributed by atoms with E-state index in [9.17, 15) is 19.2 Å². The lowest BCUT2D eigenvalue weighted by Crippen LogP contribution is -2.34. The molecule has 0 aromatic rings. The third-order valence-electron chi connectivity index (χ3n) is 16.6. The highest BCUT2D eigenvalue weighted by atomic mass is 16.6. The number of rotatable bonds is 70. The Kier molecular flexibility index (Phi) is 69.2. The fraction of sp³-hybridized carbons (Fsp3) is 0.846. The van der Waals surface area contributed by atoms with Crippen LogP contribution in [0.5, 0.6) is 0 Å². The van der Waals surface area contributed by atoms with Crippen LogP contribution < -0.4 is 0 Å². The van der Waals surface area contributed by atoms with Gasteiger partial charge in [-0.1, -0.05) is 282 Å². The molecule has 2 atom stereocenters. The number of carbonyl (C=O) groups is 4. The molecule has 508 valence electrons. The molecular weight excluding hydrogens is 1080 g/mol. The summed E-state index contributed by atoms with van der Waals surface area (Å²) < 4.78 is 29.4. The van der Waals surface area contributed by atoms with E-state index in [-0.39, 0.29) is 63.1 Å². The van der Waals surface area contributed by atoms with Gasteiger partial charge in [-0.15, -0.1) is 0 Å². The van der Waals surface area contributed by atoms with Crippen molar-refractivity contribution in [2.75, 3.05) is 26.4 Å². The van der Waals surface area contributed by atoms with Crippen LogP contribution in [0.4, 0.5) is 0 Å². The van der Waals surface area contributed by atoms with E-state index >= 15 is 0 Å². The summed E-state index contributed by atoms with van der Waals surface area (Å²) >= 11 is 0. The van der Waals surface area contributed by atoms with Gasteiger partial charge in [0, 0.05) is 25.7 Å². The summed E-state index contributed by atoms with van der Waals surface area (Å²) in [4.78, 5) is 52.5. The van der Waals surface area contributed by atoms with Gasteiger partial charge in [0.25, 0.3) is 0 Å². The largest absolute Gasteiger partial charge is 0.462 e. The second kappa shape index (κ2) is 71.9. The first-order valence-corrected chi connectivity index (χ1v) is 37.7. The summed E-state index contributed by atoms with van der Waals surface area (Å²) in [6.45, 7) is 8.71. The second-order valence-electron chi connectivity index (χ2n) is 25.5. The standard InChI is InChI=1S/C78H142O9/c1-5-9-13-17-21-25-29-33-37-41-45-49-53-57-61-65-75(79)84-71-73(86-77(81)67-63-59-55-51-47-43-39-35-31-27-23-19-15-11-7-3)69-83-70-74(87-78(82)68-64-60-56-52-48-44-40-36-32-28-24-20-16-12-8-4)72-85-76(80)66-62-58-54-50-46-42-38-34-30-26-22-18-14-10-6-2/h33-40,73-74H,5-32,41-72H2,1-4H3/b37-33+,38-34+,39-35+,40-36+. The van der Waals surface area contributed by atoms with Crippen molar-refractivity contribution in [3.05, 3.63) is 48.6 Å². The van der Waals surface area contributed by atoms with Crippen molar-refractivity contribution >= 4 is 23.9 Å². The topological polar surface area (TPSA) is 114 Å². The van der Waals surface area contributed by atoms with E-state index in [4.69, 9.17) is 23.7 Å². The van der Waals surface area contributed by atoms with Crippen LogP contribution in [0, 0.1) is 0 Å². The van der Waals surface area contributed by atoms with E-state index in [1.807, 2.05) is 0 Å². The molecule has 0 rings (SSSR count). The van der Waals surface area contributed by atoms with Crippen molar-refractivity contribution in [1.29, 1.82) is 0 Å². The van der Waals surface area contributed by atoms with E-state index < -0.39 is 12.2 Å². The van der Waals surface area contributed by atoms with Gasteiger partial charge in [-0.25, -0.2) is 0 Å². The Labute approximate surface area is 538 Å². The molecule has 0 N–H and O–H groups in total. The molecule has 0 aromatic carbocycles. The number of carbonyl (C=O) groups excluding carboxylic acids is 4. The number of allylic oxidation sites excluding steroid dienone is 8. The third-order valence-corrected chi connectivity index (χ3v) is 16.6. The maximum Gasteiger partial charge on any atom is 0.306 e. The first kappa shape index (κ1) is 83.8. The average molecular weight is 1220 g/mol. The molecule has 0 saturated heterocycles. The van der Waals surface area contributed by atoms with Crippen molar-refractivity contribution in [3.63, 3.8) is 0 Å². The summed E-state index contributed by atoms with van der Waals surface area (Å²) in [5.41, 5.74) is 0. The minimum Gasteiger partial charge on any atom is -0.462 e. The summed E-state index contributed by atoms with van der Waals surface area (Å²) in [7, 11) is 0. The predicted octanol–water partition coefficient (Wildman–Crippen LogP) is 24.1. The Bertz CT molecular complexity index is 1470. The van der Waals surface area contributed by atoms with Crippen LogP contribution in [0.1, 0.15) is 387 Å². The van der Waals surface area contributed by atoms with Gasteiger partial charge >= 0.3 is 23.9 Å². The fourth-order valence-corrected chi connectivity index (χ4v) is 10.9. The molecule has 0 aliphatic carbocycles. The minimum absolute atomic E-state index is 0.0516. The van der Waals surface area contributed by atoms with Crippen LogP contribution in [-0.4, -0.2) is 62.5 Å². The molecule has 0 radical (unpaired) electrons. The molecule has 0 amide bonds. The molecular formula is C78H142O9. The van der Waals surface area contributed by atoms with Gasteiger partial charge in [-0.2, -0.15) is 0 Å². The molecule has 87 heavy (non-hydrogen) atoms. The van der Waals surface area contributed by atoms with Crippen LogP contribution in [-0.2, 0) is 42.9 Å². The molecule has 2 unspecified atom stereocenters. The van der Waals surface area contributed by atoms with Gasteiger partial charge < -0.3 is 23.7 Å². The Balaban J connectivity index is 5.30. The maximum absolute atomic E-state index is 13.2. The van der Waals surface area contributed by atoms with Crippen molar-refractivity contribution < 1.29 is 42.9 Å². The number of hydrogen-bond donors (Lipinski definition) is 0. The Morgan fingerprint density at radius 2 is 0.414 bits per heavy atom. The molecule has 9 nitrogen and oxygen atoms in total. The number of esters is 4. The predicted molar refractivity (Wildman–Crippen MR) is 370 cm³/mol. The van der Waals surface area contributed by atoms with Crippen LogP contribution in [0.2, 0.25) is 0 Å². The number of ether oxygens (including phenoxy) is 5. The number of unbranched alkanes of at least 4 members (excludes halogenated alkanes) is 44. The molecule has 0 aliphatic heterocycles. The molecule has 0 fully saturated rings. The lowest BCUT2D eigenvalue weighted by Gasteiger charge is -2.21. The van der Waals surface area contributed by atoms with E-state index in [1.165, 1.54) is 193 Å². The van der Waals surface area contributed by atoms with Gasteiger partial charge in [0.2, 0.25) is 0 Å². The highest BCUT2D eigenvalue weighted by Gasteiger charge is 2.22. The van der Waals surface area contributed by atoms with Crippen molar-refractivity contribution in [1.82, 2.24) is 0 Å². The van der Waals surface area contributed by atoms with Crippen LogP contribution >= 0.6 is 0 Å². The van der Waals surface area contributed by atoms with Gasteiger partial charge in [0.15, 0.2) is 12.2 Å². The van der Waals surface area contributed by atoms with Crippen LogP contribution in [0.15, 0.2) is 48.6 Å². The first-order chi connectivity index (χ1) is 42.9. The molecule has 0 aromatic heterocycles. The summed E-state index contributed by atoms with van der Waals surface area (Å²) in [6.07, 6.45) is 79.6. The highest BCUT2D eigenvalue weighted by Crippen LogP contribution is 2.17. The normalized spacial score (nSPS) is 12.6. The molecule has 0 heterocycles. The highest BCUT2D eigenvalue weighted by molar-refractivity contribution is 5.71. The zero-order valence-corrected chi connectivity index (χ0v) is 57.9. The molecule has 0 bridgehead atoms. The molecule has 0 spiro atoms. The van der Waals surface area contributed by atoms with Gasteiger partial charge in [-0.3, -0.25) is 19.2 Å². The first-order valence-electron chi connectivity index (χ1n) is 37.7. The number of hydrogen-bond acceptors (Lipinski definition) is 9. The van der Waals surface area contributed by atoms with E-state index in [2.05, 4.69) is 76.3 Å². The van der Waals surface area contributed by atoms with Crippen molar-refractivity contribution in [3.8, 4) is 0 Å². The lowest BCUT2D eigenvalue weighted by molar-refractivity contribution is -0.169. The van der Waals surface area contributed by atoms with Crippen LogP contribution in [0.3, 0.4) is 0 Å². The van der Waals surface area contributed by atoms with Crippen LogP contribution in [0.25, 0.3) is 0 Å². The summed E-state index contributed by atoms with van der Waals surface area (Å²) in [5, 5.41) is 0. The SMILES string of the molecule is CCCCCCCC/C=C/CCCCCCCC(=O)OCC(COCC(COC(=O)CCCCCCC/C=C/CCCCCCCC)OC(=O)CCCCCCC/C=C/CCCCCCCC)OC(=O)CCCCCCC/C=C/CCCCCCCC. The van der Waals surface area contributed by atoms with E-state index in [1.54, 1.807) is 0 Å². The quantitative estimate of drug-likeness (QED) is 0.0254. The Hall–Kier alpha value is -3.20. The Morgan fingerprint density at radius 3 is 0.632 bits per heavy atom. The van der Waals surface area contributed by atoms with E-state index in [0.29, 0.717) is 12.8 Å². The van der Waals surface area contributed by atoms with Gasteiger partial charge in [-0.05, 0) is 128 Å². The fourth-order valence-electron chi connectivity index (χ4n) is 10.9. The lowest BCUT2D eigenvalue weighted by atomic mass is 10.1. The summed E-state index contributed by atoms with van der Waals surface area (Å²) in [6, 6.07) is 0. The Morgan fingerprint density at radius 1 is 0.230 bits per heavy atom. The third kappa shape index (κ3) is 68.6. The zero-order chi connectivity index (χ0) is 63.1. The van der Waals surface area contributed by atoms with Crippen molar-refractivity contribution in [2.45, 2.75) is 399 Å². The maximum atomic E-state index is 13.2. The molecule has 0 aliphatic rings. The monoisotopic (exact) mass is 1220 g/mol. The van der Waals surface area contributed by atoms with Gasteiger partial charge in [0.05, 0.1) is 13.2 Å². The zero-order valence-electron chi connectivity index (χ0n) is 57.9. The smallest absolute Gasteiger partial charge is 0.306 e. The molecule has 9 heteroatoms. The minimum atomic E-state index is -0.825. The van der Waals surface area contributed by atoms with Crippen molar-refractivity contribution in [2.24, 2.45) is 0 Å². The second-order valence-corrected chi connectivity index (χ2v) is 25.5. The summed E-state index contributed by atoms with van der Waals surface area (Å²) in [5.74, 6) is -1.32. The molecule has 0 saturated carbocycles. The van der Waals surface area contributed by atoms with E-state index in [0.717, 1.165) is 141 Å². The van der Waals surface area contributed by atoms with Gasteiger partial charge in [0.1, 0.15) is 13.2 Å². The average Bonchev–Trinajstić information content (AvgIpc) is 3.61.